The molecule has 11 heteroatoms. The van der Waals surface area contributed by atoms with E-state index in [-0.39, 0.29) is 6.04 Å². The number of hydrogen-bond acceptors (Lipinski definition) is 6. The molecular formula is C22H21ClF3N3O2S2. The second kappa shape index (κ2) is 10.7. The molecule has 0 saturated carbocycles. The topological polar surface area (TPSA) is 88.2 Å². The predicted octanol–water partition coefficient (Wildman–Crippen LogP) is 6.66. The standard InChI is InChI=1S/C20H20ClN3S2.C2HF3O2/c1-2-13-18-20(26-19(13)14-7-3-4-8-15(14)22)16(10-17(21)24-18)23-11-12-6-5-9-25-12;3-2(4,5)1(6)7/h2-6,9-10,14-15H,1,7-8,11,22H2,(H,23,24);(H,6,7)/t14-,15-;/m0./s1. The van der Waals surface area contributed by atoms with Gasteiger partial charge in [0, 0.05) is 39.9 Å². The Bertz CT molecular complexity index is 1160. The van der Waals surface area contributed by atoms with Crippen LogP contribution in [0, 0.1) is 0 Å². The number of hydrogen-bond donors (Lipinski definition) is 3. The third kappa shape index (κ3) is 6.14. The van der Waals surface area contributed by atoms with Crippen molar-refractivity contribution in [2.75, 3.05) is 5.32 Å². The van der Waals surface area contributed by atoms with Crippen LogP contribution in [-0.2, 0) is 11.3 Å². The van der Waals surface area contributed by atoms with Gasteiger partial charge < -0.3 is 16.2 Å². The first kappa shape index (κ1) is 25.2. The Kier molecular flexibility index (Phi) is 8.17. The maximum atomic E-state index is 10.6. The summed E-state index contributed by atoms with van der Waals surface area (Å²) in [4.78, 5) is 16.0. The highest BCUT2D eigenvalue weighted by atomic mass is 35.5. The Hall–Kier alpha value is -2.40. The van der Waals surface area contributed by atoms with Crippen molar-refractivity contribution in [1.29, 1.82) is 0 Å². The highest BCUT2D eigenvalue weighted by Gasteiger charge is 2.38. The Morgan fingerprint density at radius 1 is 1.39 bits per heavy atom. The summed E-state index contributed by atoms with van der Waals surface area (Å²) >= 11 is 9.83. The fraction of sp³-hybridized carbons (Fsp3) is 0.273. The van der Waals surface area contributed by atoms with E-state index in [9.17, 15) is 13.2 Å². The minimum Gasteiger partial charge on any atom is -0.475 e. The van der Waals surface area contributed by atoms with E-state index in [1.165, 1.54) is 9.75 Å². The van der Waals surface area contributed by atoms with Gasteiger partial charge in [0.15, 0.2) is 0 Å². The van der Waals surface area contributed by atoms with Gasteiger partial charge in [-0.15, -0.1) is 22.7 Å². The van der Waals surface area contributed by atoms with Crippen molar-refractivity contribution in [3.63, 3.8) is 0 Å². The van der Waals surface area contributed by atoms with Gasteiger partial charge in [-0.05, 0) is 24.3 Å². The molecule has 0 bridgehead atoms. The fourth-order valence-corrected chi connectivity index (χ4v) is 5.67. The lowest BCUT2D eigenvalue weighted by Gasteiger charge is -2.24. The van der Waals surface area contributed by atoms with Crippen LogP contribution >= 0.6 is 34.3 Å². The zero-order valence-electron chi connectivity index (χ0n) is 17.2. The molecular weight excluding hydrogens is 495 g/mol. The van der Waals surface area contributed by atoms with Crippen LogP contribution in [0.15, 0.2) is 42.3 Å². The average Bonchev–Trinajstić information content (AvgIpc) is 3.39. The molecule has 0 saturated heterocycles. The third-order valence-electron chi connectivity index (χ3n) is 4.97. The lowest BCUT2D eigenvalue weighted by Crippen LogP contribution is -2.29. The molecule has 176 valence electrons. The molecule has 0 unspecified atom stereocenters. The number of alkyl halides is 3. The number of nitrogens with one attached hydrogen (secondary N) is 1. The molecule has 1 aliphatic carbocycles. The van der Waals surface area contributed by atoms with Crippen molar-refractivity contribution >= 4 is 62.2 Å². The fourth-order valence-electron chi connectivity index (χ4n) is 3.41. The number of carboxylic acids is 1. The zero-order chi connectivity index (χ0) is 24.2. The number of carboxylic acid groups (broad SMARTS) is 1. The number of thiophene rings is 2. The van der Waals surface area contributed by atoms with E-state index in [0.717, 1.165) is 40.9 Å². The van der Waals surface area contributed by atoms with Crippen LogP contribution in [-0.4, -0.2) is 28.3 Å². The summed E-state index contributed by atoms with van der Waals surface area (Å²) in [5, 5.41) is 13.2. The SMILES string of the molecule is C=Cc1c([C@H]2CC=CC[C@@H]2N)sc2c(NCc3cccs3)cc(Cl)nc12.O=C(O)C(F)(F)F. The van der Waals surface area contributed by atoms with E-state index in [1.807, 2.05) is 12.1 Å². The summed E-state index contributed by atoms with van der Waals surface area (Å²) in [6.45, 7) is 4.80. The normalized spacial score (nSPS) is 18.0. The Balaban J connectivity index is 0.000000383. The van der Waals surface area contributed by atoms with Crippen LogP contribution in [0.4, 0.5) is 18.9 Å². The number of rotatable bonds is 5. The highest BCUT2D eigenvalue weighted by Crippen LogP contribution is 2.43. The minimum absolute atomic E-state index is 0.129. The average molecular weight is 516 g/mol. The van der Waals surface area contributed by atoms with Crippen molar-refractivity contribution in [2.45, 2.75) is 37.5 Å². The van der Waals surface area contributed by atoms with Gasteiger partial charge in [0.05, 0.1) is 15.9 Å². The number of nitrogens with zero attached hydrogens (tertiary/aromatic N) is 1. The number of nitrogens with two attached hydrogens (primary N) is 1. The van der Waals surface area contributed by atoms with Gasteiger partial charge in [0.2, 0.25) is 0 Å². The first-order chi connectivity index (χ1) is 15.6. The first-order valence-corrected chi connectivity index (χ1v) is 11.9. The van der Waals surface area contributed by atoms with Crippen LogP contribution in [0.5, 0.6) is 0 Å². The van der Waals surface area contributed by atoms with Gasteiger partial charge in [-0.3, -0.25) is 0 Å². The molecule has 1 aliphatic rings. The number of aromatic nitrogens is 1. The summed E-state index contributed by atoms with van der Waals surface area (Å²) in [6, 6.07) is 6.23. The van der Waals surface area contributed by atoms with E-state index in [1.54, 1.807) is 22.7 Å². The summed E-state index contributed by atoms with van der Waals surface area (Å²) in [5.41, 5.74) is 9.42. The highest BCUT2D eigenvalue weighted by molar-refractivity contribution is 7.20. The Morgan fingerprint density at radius 3 is 2.67 bits per heavy atom. The summed E-state index contributed by atoms with van der Waals surface area (Å²) < 4.78 is 32.9. The summed E-state index contributed by atoms with van der Waals surface area (Å²) in [6.07, 6.45) is 3.08. The molecule has 33 heavy (non-hydrogen) atoms. The largest absolute Gasteiger partial charge is 0.490 e. The molecule has 0 fully saturated rings. The van der Waals surface area contributed by atoms with Crippen molar-refractivity contribution < 1.29 is 23.1 Å². The van der Waals surface area contributed by atoms with E-state index in [4.69, 9.17) is 27.2 Å². The first-order valence-electron chi connectivity index (χ1n) is 9.84. The van der Waals surface area contributed by atoms with Gasteiger partial charge in [-0.25, -0.2) is 9.78 Å². The molecule has 3 heterocycles. The second-order valence-electron chi connectivity index (χ2n) is 7.20. The summed E-state index contributed by atoms with van der Waals surface area (Å²) in [5.74, 6) is -2.45. The predicted molar refractivity (Wildman–Crippen MR) is 129 cm³/mol. The molecule has 0 radical (unpaired) electrons. The zero-order valence-corrected chi connectivity index (χ0v) is 19.6. The van der Waals surface area contributed by atoms with Crippen molar-refractivity contribution in [3.8, 4) is 0 Å². The lowest BCUT2D eigenvalue weighted by atomic mass is 9.87. The van der Waals surface area contributed by atoms with Crippen LogP contribution in [0.25, 0.3) is 16.3 Å². The summed E-state index contributed by atoms with van der Waals surface area (Å²) in [7, 11) is 0. The number of pyridine rings is 1. The van der Waals surface area contributed by atoms with E-state index >= 15 is 0 Å². The molecule has 0 aliphatic heterocycles. The van der Waals surface area contributed by atoms with Gasteiger partial charge in [0.1, 0.15) is 5.15 Å². The Morgan fingerprint density at radius 2 is 2.09 bits per heavy atom. The van der Waals surface area contributed by atoms with Crippen LogP contribution in [0.2, 0.25) is 5.15 Å². The van der Waals surface area contributed by atoms with Crippen LogP contribution < -0.4 is 11.1 Å². The van der Waals surface area contributed by atoms with E-state index in [0.29, 0.717) is 11.1 Å². The molecule has 4 rings (SSSR count). The molecule has 3 aromatic heterocycles. The van der Waals surface area contributed by atoms with E-state index in [2.05, 4.69) is 46.5 Å². The van der Waals surface area contributed by atoms with Gasteiger partial charge >= 0.3 is 12.1 Å². The molecule has 2 atom stereocenters. The molecule has 0 aromatic carbocycles. The second-order valence-corrected chi connectivity index (χ2v) is 9.68. The molecule has 3 aromatic rings. The van der Waals surface area contributed by atoms with Crippen molar-refractivity contribution in [3.05, 3.63) is 62.8 Å². The van der Waals surface area contributed by atoms with Crippen molar-refractivity contribution in [1.82, 2.24) is 4.98 Å². The molecule has 5 nitrogen and oxygen atoms in total. The minimum atomic E-state index is -5.08. The number of anilines is 1. The number of halogens is 4. The van der Waals surface area contributed by atoms with E-state index < -0.39 is 12.1 Å². The van der Waals surface area contributed by atoms with Gasteiger partial charge in [-0.2, -0.15) is 13.2 Å². The number of allylic oxidation sites excluding steroid dienone is 1. The van der Waals surface area contributed by atoms with Crippen LogP contribution in [0.1, 0.15) is 34.1 Å². The maximum absolute atomic E-state index is 10.6. The number of fused-ring (bicyclic) bond motifs is 1. The number of carbonyl (C=O) groups is 1. The smallest absolute Gasteiger partial charge is 0.475 e. The maximum Gasteiger partial charge on any atom is 0.490 e. The van der Waals surface area contributed by atoms with Gasteiger partial charge in [0.25, 0.3) is 0 Å². The Labute approximate surface area is 201 Å². The van der Waals surface area contributed by atoms with Crippen LogP contribution in [0.3, 0.4) is 0 Å². The molecule has 0 spiro atoms. The third-order valence-corrected chi connectivity index (χ3v) is 7.40. The monoisotopic (exact) mass is 515 g/mol. The van der Waals surface area contributed by atoms with Gasteiger partial charge in [-0.1, -0.05) is 42.5 Å². The quantitative estimate of drug-likeness (QED) is 0.261. The molecule has 4 N–H and O–H groups in total. The van der Waals surface area contributed by atoms with Crippen molar-refractivity contribution in [2.24, 2.45) is 5.73 Å². The molecule has 0 amide bonds. The lowest BCUT2D eigenvalue weighted by molar-refractivity contribution is -0.192. The number of aliphatic carboxylic acids is 1.